The van der Waals surface area contributed by atoms with Gasteiger partial charge in [-0.05, 0) is 33.1 Å². The second-order valence-corrected chi connectivity index (χ2v) is 3.93. The average Bonchev–Trinajstić information content (AvgIpc) is 2.17. The minimum absolute atomic E-state index is 0.00935. The number of hydrogen-bond donors (Lipinski definition) is 0. The van der Waals surface area contributed by atoms with Crippen LogP contribution in [0.25, 0.3) is 0 Å². The quantitative estimate of drug-likeness (QED) is 0.558. The van der Waals surface area contributed by atoms with Crippen molar-refractivity contribution in [3.63, 3.8) is 0 Å². The first-order chi connectivity index (χ1) is 6.63. The van der Waals surface area contributed by atoms with Crippen LogP contribution in [0.5, 0.6) is 0 Å². The zero-order valence-electron chi connectivity index (χ0n) is 10.4. The average molecular weight is 202 g/mol. The van der Waals surface area contributed by atoms with E-state index in [0.717, 1.165) is 25.7 Å². The van der Waals surface area contributed by atoms with E-state index in [1.807, 2.05) is 0 Å². The predicted octanol–water partition coefficient (Wildman–Crippen LogP) is 3.74. The van der Waals surface area contributed by atoms with Crippen LogP contribution in [0.3, 0.4) is 0 Å². The zero-order valence-corrected chi connectivity index (χ0v) is 10.4. The maximum absolute atomic E-state index is 5.79. The summed E-state index contributed by atoms with van der Waals surface area (Å²) in [6, 6.07) is 0. The van der Waals surface area contributed by atoms with Gasteiger partial charge >= 0.3 is 0 Å². The minimum Gasteiger partial charge on any atom is -0.350 e. The Bertz CT molecular complexity index is 113. The van der Waals surface area contributed by atoms with Gasteiger partial charge in [-0.1, -0.05) is 27.2 Å². The van der Waals surface area contributed by atoms with E-state index < -0.39 is 0 Å². The Morgan fingerprint density at radius 3 is 1.57 bits per heavy atom. The number of ether oxygens (including phenoxy) is 2. The molecule has 0 bridgehead atoms. The van der Waals surface area contributed by atoms with E-state index in [4.69, 9.17) is 9.47 Å². The molecule has 0 rings (SSSR count). The van der Waals surface area contributed by atoms with Crippen LogP contribution in [0.15, 0.2) is 0 Å². The third-order valence-corrected chi connectivity index (χ3v) is 2.44. The topological polar surface area (TPSA) is 18.5 Å². The molecule has 0 aliphatic heterocycles. The largest absolute Gasteiger partial charge is 0.350 e. The van der Waals surface area contributed by atoms with Crippen LogP contribution >= 0.6 is 0 Å². The van der Waals surface area contributed by atoms with Gasteiger partial charge in [-0.15, -0.1) is 0 Å². The van der Waals surface area contributed by atoms with Crippen LogP contribution in [-0.2, 0) is 9.47 Å². The summed E-state index contributed by atoms with van der Waals surface area (Å²) in [4.78, 5) is 0. The van der Waals surface area contributed by atoms with E-state index in [0.29, 0.717) is 12.2 Å². The normalized spacial score (nSPS) is 17.8. The molecule has 0 saturated carbocycles. The van der Waals surface area contributed by atoms with Crippen LogP contribution in [0.1, 0.15) is 60.3 Å². The van der Waals surface area contributed by atoms with Crippen molar-refractivity contribution in [3.8, 4) is 0 Å². The van der Waals surface area contributed by atoms with Crippen molar-refractivity contribution in [3.05, 3.63) is 0 Å². The van der Waals surface area contributed by atoms with Gasteiger partial charge in [0.15, 0.2) is 6.29 Å². The van der Waals surface area contributed by atoms with Gasteiger partial charge in [-0.3, -0.25) is 0 Å². The molecular formula is C12H26O2. The number of rotatable bonds is 8. The molecule has 0 aliphatic carbocycles. The summed E-state index contributed by atoms with van der Waals surface area (Å²) in [6.45, 7) is 10.6. The molecule has 0 saturated heterocycles. The minimum atomic E-state index is -0.00935. The number of hydrogen-bond acceptors (Lipinski definition) is 2. The summed E-state index contributed by atoms with van der Waals surface area (Å²) in [6.07, 6.45) is 4.79. The van der Waals surface area contributed by atoms with Gasteiger partial charge in [0.25, 0.3) is 0 Å². The standard InChI is InChI=1S/C12H26O2/c1-6-9-12(13-10(4)7-2)14-11(5)8-3/h10-12H,6-9H2,1-5H3. The smallest absolute Gasteiger partial charge is 0.158 e. The molecule has 14 heavy (non-hydrogen) atoms. The third-order valence-electron chi connectivity index (χ3n) is 2.44. The van der Waals surface area contributed by atoms with E-state index in [-0.39, 0.29) is 6.29 Å². The van der Waals surface area contributed by atoms with E-state index in [1.54, 1.807) is 0 Å². The van der Waals surface area contributed by atoms with Gasteiger partial charge in [-0.25, -0.2) is 0 Å². The molecule has 86 valence electrons. The highest BCUT2D eigenvalue weighted by molar-refractivity contribution is 4.53. The maximum atomic E-state index is 5.79. The Labute approximate surface area is 89.0 Å². The Morgan fingerprint density at radius 1 is 0.857 bits per heavy atom. The maximum Gasteiger partial charge on any atom is 0.158 e. The van der Waals surface area contributed by atoms with E-state index >= 15 is 0 Å². The fourth-order valence-corrected chi connectivity index (χ4v) is 1.11. The fraction of sp³-hybridized carbons (Fsp3) is 1.00. The van der Waals surface area contributed by atoms with Crippen LogP contribution in [-0.4, -0.2) is 18.5 Å². The predicted molar refractivity (Wildman–Crippen MR) is 60.4 cm³/mol. The van der Waals surface area contributed by atoms with Crippen LogP contribution in [0.2, 0.25) is 0 Å². The molecule has 0 aromatic rings. The second-order valence-electron chi connectivity index (χ2n) is 3.93. The van der Waals surface area contributed by atoms with Crippen molar-refractivity contribution in [2.24, 2.45) is 0 Å². The molecule has 0 amide bonds. The van der Waals surface area contributed by atoms with Crippen molar-refractivity contribution in [1.82, 2.24) is 0 Å². The summed E-state index contributed by atoms with van der Waals surface area (Å²) >= 11 is 0. The Hall–Kier alpha value is -0.0800. The van der Waals surface area contributed by atoms with Crippen molar-refractivity contribution in [2.75, 3.05) is 0 Å². The van der Waals surface area contributed by atoms with Gasteiger partial charge < -0.3 is 9.47 Å². The highest BCUT2D eigenvalue weighted by Gasteiger charge is 2.14. The summed E-state index contributed by atoms with van der Waals surface area (Å²) in [5.74, 6) is 0. The van der Waals surface area contributed by atoms with Crippen molar-refractivity contribution < 1.29 is 9.47 Å². The van der Waals surface area contributed by atoms with Gasteiger partial charge in [0.1, 0.15) is 0 Å². The summed E-state index contributed by atoms with van der Waals surface area (Å²) in [5.41, 5.74) is 0. The molecular weight excluding hydrogens is 176 g/mol. The first-order valence-corrected chi connectivity index (χ1v) is 5.94. The SMILES string of the molecule is CCCC(OC(C)CC)OC(C)CC. The van der Waals surface area contributed by atoms with Crippen LogP contribution in [0.4, 0.5) is 0 Å². The van der Waals surface area contributed by atoms with Crippen molar-refractivity contribution in [2.45, 2.75) is 78.8 Å². The molecule has 0 heterocycles. The van der Waals surface area contributed by atoms with Crippen molar-refractivity contribution in [1.29, 1.82) is 0 Å². The van der Waals surface area contributed by atoms with E-state index in [2.05, 4.69) is 34.6 Å². The molecule has 2 nitrogen and oxygen atoms in total. The van der Waals surface area contributed by atoms with Crippen molar-refractivity contribution >= 4 is 0 Å². The Balaban J connectivity index is 3.88. The molecule has 0 spiro atoms. The molecule has 0 N–H and O–H groups in total. The second kappa shape index (κ2) is 8.25. The molecule has 2 unspecified atom stereocenters. The molecule has 2 atom stereocenters. The van der Waals surface area contributed by atoms with Crippen LogP contribution < -0.4 is 0 Å². The summed E-state index contributed by atoms with van der Waals surface area (Å²) < 4.78 is 11.6. The zero-order chi connectivity index (χ0) is 11.0. The molecule has 0 radical (unpaired) electrons. The van der Waals surface area contributed by atoms with Gasteiger partial charge in [0, 0.05) is 0 Å². The molecule has 0 aromatic carbocycles. The monoisotopic (exact) mass is 202 g/mol. The van der Waals surface area contributed by atoms with Gasteiger partial charge in [-0.2, -0.15) is 0 Å². The van der Waals surface area contributed by atoms with E-state index in [1.165, 1.54) is 0 Å². The van der Waals surface area contributed by atoms with E-state index in [9.17, 15) is 0 Å². The summed E-state index contributed by atoms with van der Waals surface area (Å²) in [7, 11) is 0. The first kappa shape index (κ1) is 13.9. The fourth-order valence-electron chi connectivity index (χ4n) is 1.11. The molecule has 0 aromatic heterocycles. The highest BCUT2D eigenvalue weighted by atomic mass is 16.7. The molecule has 0 aliphatic rings. The highest BCUT2D eigenvalue weighted by Crippen LogP contribution is 2.12. The molecule has 0 fully saturated rings. The van der Waals surface area contributed by atoms with Gasteiger partial charge in [0.05, 0.1) is 12.2 Å². The lowest BCUT2D eigenvalue weighted by Crippen LogP contribution is -2.26. The lowest BCUT2D eigenvalue weighted by molar-refractivity contribution is -0.191. The lowest BCUT2D eigenvalue weighted by atomic mass is 10.3. The van der Waals surface area contributed by atoms with Crippen LogP contribution in [0, 0.1) is 0 Å². The lowest BCUT2D eigenvalue weighted by Gasteiger charge is -2.24. The Morgan fingerprint density at radius 2 is 1.29 bits per heavy atom. The van der Waals surface area contributed by atoms with Gasteiger partial charge in [0.2, 0.25) is 0 Å². The molecule has 2 heteroatoms. The summed E-state index contributed by atoms with van der Waals surface area (Å²) in [5, 5.41) is 0. The first-order valence-electron chi connectivity index (χ1n) is 5.94. The third kappa shape index (κ3) is 6.39. The Kier molecular flexibility index (Phi) is 8.20.